The molecule has 1 N–H and O–H groups in total. The van der Waals surface area contributed by atoms with E-state index >= 15 is 0 Å². The third-order valence-corrected chi connectivity index (χ3v) is 3.99. The van der Waals surface area contributed by atoms with Crippen LogP contribution in [-0.4, -0.2) is 22.5 Å². The maximum Gasteiger partial charge on any atom is 0.223 e. The lowest BCUT2D eigenvalue weighted by Crippen LogP contribution is -2.30. The van der Waals surface area contributed by atoms with Crippen molar-refractivity contribution in [3.05, 3.63) is 35.4 Å². The molecular weight excluding hydrogens is 262 g/mol. The quantitative estimate of drug-likeness (QED) is 0.847. The van der Waals surface area contributed by atoms with E-state index in [2.05, 4.69) is 34.6 Å². The molecule has 0 unspecified atom stereocenters. The second-order valence-electron chi connectivity index (χ2n) is 7.51. The third-order valence-electron chi connectivity index (χ3n) is 3.99. The fourth-order valence-corrected chi connectivity index (χ4v) is 3.60. The molecule has 114 valence electrons. The van der Waals surface area contributed by atoms with Crippen LogP contribution in [0.3, 0.4) is 0 Å². The Bertz CT molecular complexity index is 606. The van der Waals surface area contributed by atoms with Crippen LogP contribution in [-0.2, 0) is 4.79 Å². The highest BCUT2D eigenvalue weighted by Gasteiger charge is 2.44. The number of carbonyl (C=O) groups excluding carboxylic acids is 1. The summed E-state index contributed by atoms with van der Waals surface area (Å²) in [5.41, 5.74) is 2.99. The van der Waals surface area contributed by atoms with Crippen molar-refractivity contribution < 1.29 is 9.90 Å². The molecule has 1 heterocycles. The molecule has 0 saturated heterocycles. The SMILES string of the molecule is CC(=O)N1CC(C)(C)C(C(C)(C)C)=C1c1cccc(O)c1. The summed E-state index contributed by atoms with van der Waals surface area (Å²) in [4.78, 5) is 13.9. The molecule has 0 spiro atoms. The molecule has 0 fully saturated rings. The standard InChI is InChI=1S/C18H25NO2/c1-12(20)19-11-18(5,6)16(17(2,3)4)15(19)13-8-7-9-14(21)10-13/h7-10,21H,11H2,1-6H3. The van der Waals surface area contributed by atoms with E-state index in [0.29, 0.717) is 6.54 Å². The molecular formula is C18H25NO2. The molecule has 0 aromatic heterocycles. The van der Waals surface area contributed by atoms with Crippen LogP contribution >= 0.6 is 0 Å². The van der Waals surface area contributed by atoms with Gasteiger partial charge in [-0.15, -0.1) is 0 Å². The van der Waals surface area contributed by atoms with Crippen molar-refractivity contribution in [2.45, 2.75) is 41.5 Å². The first-order valence-electron chi connectivity index (χ1n) is 7.37. The van der Waals surface area contributed by atoms with Gasteiger partial charge in [0, 0.05) is 24.4 Å². The maximum atomic E-state index is 12.1. The maximum absolute atomic E-state index is 12.1. The lowest BCUT2D eigenvalue weighted by atomic mass is 9.71. The van der Waals surface area contributed by atoms with Gasteiger partial charge in [-0.2, -0.15) is 0 Å². The molecule has 21 heavy (non-hydrogen) atoms. The third kappa shape index (κ3) is 2.82. The molecule has 1 aromatic carbocycles. The molecule has 3 nitrogen and oxygen atoms in total. The molecule has 3 heteroatoms. The van der Waals surface area contributed by atoms with Gasteiger partial charge >= 0.3 is 0 Å². The van der Waals surface area contributed by atoms with Gasteiger partial charge in [-0.1, -0.05) is 46.8 Å². The Morgan fingerprint density at radius 3 is 2.38 bits per heavy atom. The van der Waals surface area contributed by atoms with Gasteiger partial charge in [-0.3, -0.25) is 4.79 Å². The minimum Gasteiger partial charge on any atom is -0.508 e. The molecule has 0 atom stereocenters. The van der Waals surface area contributed by atoms with Gasteiger partial charge < -0.3 is 10.0 Å². The van der Waals surface area contributed by atoms with Crippen LogP contribution in [0.25, 0.3) is 5.70 Å². The van der Waals surface area contributed by atoms with Gasteiger partial charge in [0.2, 0.25) is 5.91 Å². The number of phenols is 1. The Morgan fingerprint density at radius 1 is 1.29 bits per heavy atom. The van der Waals surface area contributed by atoms with Gasteiger partial charge in [-0.25, -0.2) is 0 Å². The van der Waals surface area contributed by atoms with Gasteiger partial charge in [0.25, 0.3) is 0 Å². The molecule has 2 rings (SSSR count). The Kier molecular flexibility index (Phi) is 3.64. The summed E-state index contributed by atoms with van der Waals surface area (Å²) < 4.78 is 0. The molecule has 0 radical (unpaired) electrons. The highest BCUT2D eigenvalue weighted by molar-refractivity contribution is 5.89. The first kappa shape index (κ1) is 15.6. The van der Waals surface area contributed by atoms with E-state index in [0.717, 1.165) is 11.3 Å². The van der Waals surface area contributed by atoms with Crippen LogP contribution in [0.15, 0.2) is 29.8 Å². The summed E-state index contributed by atoms with van der Waals surface area (Å²) >= 11 is 0. The highest BCUT2D eigenvalue weighted by atomic mass is 16.3. The lowest BCUT2D eigenvalue weighted by molar-refractivity contribution is -0.125. The highest BCUT2D eigenvalue weighted by Crippen LogP contribution is 2.51. The van der Waals surface area contributed by atoms with Crippen molar-refractivity contribution in [3.63, 3.8) is 0 Å². The minimum atomic E-state index is -0.0787. The van der Waals surface area contributed by atoms with Crippen molar-refractivity contribution in [3.8, 4) is 5.75 Å². The molecule has 0 aliphatic carbocycles. The number of hydrogen-bond acceptors (Lipinski definition) is 2. The monoisotopic (exact) mass is 287 g/mol. The summed E-state index contributed by atoms with van der Waals surface area (Å²) in [5.74, 6) is 0.266. The van der Waals surface area contributed by atoms with Crippen molar-refractivity contribution in [2.75, 3.05) is 6.54 Å². The van der Waals surface area contributed by atoms with E-state index in [-0.39, 0.29) is 22.5 Å². The number of carbonyl (C=O) groups is 1. The number of amides is 1. The number of benzene rings is 1. The van der Waals surface area contributed by atoms with E-state index in [1.54, 1.807) is 19.1 Å². The van der Waals surface area contributed by atoms with Crippen LogP contribution < -0.4 is 0 Å². The van der Waals surface area contributed by atoms with E-state index < -0.39 is 0 Å². The van der Waals surface area contributed by atoms with Crippen LogP contribution in [0.4, 0.5) is 0 Å². The number of phenolic OH excluding ortho intramolecular Hbond substituents is 1. The fourth-order valence-electron chi connectivity index (χ4n) is 3.60. The Balaban J connectivity index is 2.75. The van der Waals surface area contributed by atoms with Gasteiger partial charge in [0.1, 0.15) is 5.75 Å². The van der Waals surface area contributed by atoms with Gasteiger partial charge in [0.15, 0.2) is 0 Å². The number of nitrogens with zero attached hydrogens (tertiary/aromatic N) is 1. The number of aromatic hydroxyl groups is 1. The van der Waals surface area contributed by atoms with Gasteiger partial charge in [0.05, 0.1) is 5.70 Å². The van der Waals surface area contributed by atoms with E-state index in [1.807, 2.05) is 17.0 Å². The molecule has 1 amide bonds. The average Bonchev–Trinajstić information content (AvgIpc) is 2.60. The summed E-state index contributed by atoms with van der Waals surface area (Å²) in [5, 5.41) is 9.79. The number of hydrogen-bond donors (Lipinski definition) is 1. The first-order chi connectivity index (χ1) is 9.54. The zero-order chi connectivity index (χ0) is 16.0. The number of rotatable bonds is 1. The topological polar surface area (TPSA) is 40.5 Å². The first-order valence-corrected chi connectivity index (χ1v) is 7.37. The molecule has 1 aliphatic rings. The van der Waals surface area contributed by atoms with Crippen LogP contribution in [0.5, 0.6) is 5.75 Å². The lowest BCUT2D eigenvalue weighted by Gasteiger charge is -2.32. The summed E-state index contributed by atoms with van der Waals surface area (Å²) in [6.45, 7) is 13.2. The summed E-state index contributed by atoms with van der Waals surface area (Å²) in [6, 6.07) is 7.16. The smallest absolute Gasteiger partial charge is 0.223 e. The van der Waals surface area contributed by atoms with Crippen LogP contribution in [0.1, 0.15) is 47.1 Å². The van der Waals surface area contributed by atoms with E-state index in [1.165, 1.54) is 5.57 Å². The second kappa shape index (κ2) is 4.90. The molecule has 0 bridgehead atoms. The zero-order valence-electron chi connectivity index (χ0n) is 13.8. The zero-order valence-corrected chi connectivity index (χ0v) is 13.8. The molecule has 0 saturated carbocycles. The second-order valence-corrected chi connectivity index (χ2v) is 7.51. The largest absolute Gasteiger partial charge is 0.508 e. The van der Waals surface area contributed by atoms with Crippen molar-refractivity contribution >= 4 is 11.6 Å². The van der Waals surface area contributed by atoms with Crippen LogP contribution in [0, 0.1) is 10.8 Å². The fraction of sp³-hybridized carbons (Fsp3) is 0.500. The average molecular weight is 287 g/mol. The van der Waals surface area contributed by atoms with Gasteiger partial charge in [-0.05, 0) is 23.1 Å². The molecule has 1 aliphatic heterocycles. The van der Waals surface area contributed by atoms with Crippen molar-refractivity contribution in [1.29, 1.82) is 0 Å². The summed E-state index contributed by atoms with van der Waals surface area (Å²) in [7, 11) is 0. The Morgan fingerprint density at radius 2 is 1.90 bits per heavy atom. The summed E-state index contributed by atoms with van der Waals surface area (Å²) in [6.07, 6.45) is 0. The van der Waals surface area contributed by atoms with E-state index in [4.69, 9.17) is 0 Å². The van der Waals surface area contributed by atoms with Crippen molar-refractivity contribution in [1.82, 2.24) is 4.90 Å². The minimum absolute atomic E-state index is 0.0423. The Labute approximate surface area is 127 Å². The van der Waals surface area contributed by atoms with Crippen LogP contribution in [0.2, 0.25) is 0 Å². The Hall–Kier alpha value is -1.77. The van der Waals surface area contributed by atoms with E-state index in [9.17, 15) is 9.90 Å². The predicted molar refractivity (Wildman–Crippen MR) is 85.6 cm³/mol. The van der Waals surface area contributed by atoms with Crippen molar-refractivity contribution in [2.24, 2.45) is 10.8 Å². The predicted octanol–water partition coefficient (Wildman–Crippen LogP) is 4.04. The normalized spacial score (nSPS) is 18.3. The molecule has 1 aromatic rings.